The lowest BCUT2D eigenvalue weighted by Gasteiger charge is -2.18. The Morgan fingerprint density at radius 3 is 1.70 bits per heavy atom. The summed E-state index contributed by atoms with van der Waals surface area (Å²) in [5.41, 5.74) is 5.01. The van der Waals surface area contributed by atoms with Crippen molar-refractivity contribution in [1.82, 2.24) is 34.9 Å². The average molecular weight is 869 g/mol. The highest BCUT2D eigenvalue weighted by Gasteiger charge is 2.31. The Bertz CT molecular complexity index is 3430. The monoisotopic (exact) mass is 867 g/mol. The van der Waals surface area contributed by atoms with Crippen LogP contribution in [-0.2, 0) is 12.5 Å². The number of fused-ring (bicyclic) bond motifs is 20. The molecule has 0 amide bonds. The number of nitrogens with zero attached hydrogens (tertiary/aromatic N) is 6. The zero-order valence-corrected chi connectivity index (χ0v) is 34.8. The highest BCUT2D eigenvalue weighted by atomic mass is 35.5. The summed E-state index contributed by atoms with van der Waals surface area (Å²) in [7, 11) is 1.87. The van der Waals surface area contributed by atoms with Gasteiger partial charge in [0.05, 0.1) is 50.1 Å². The highest BCUT2D eigenvalue weighted by Crippen LogP contribution is 2.49. The summed E-state index contributed by atoms with van der Waals surface area (Å²) in [5.74, 6) is -1.17. The lowest BCUT2D eigenvalue weighted by molar-refractivity contribution is -0.650. The Morgan fingerprint density at radius 1 is 0.607 bits per heavy atom. The third-order valence-electron chi connectivity index (χ3n) is 10.8. The first-order valence-electron chi connectivity index (χ1n) is 18.8. The quantitative estimate of drug-likeness (QED) is 0.0980. The van der Waals surface area contributed by atoms with E-state index in [0.717, 1.165) is 51.2 Å². The van der Waals surface area contributed by atoms with E-state index in [4.69, 9.17) is 64.5 Å². The smallest absolute Gasteiger partial charge is 0.335 e. The van der Waals surface area contributed by atoms with E-state index in [1.54, 1.807) is 0 Å². The molecule has 2 aliphatic rings. The van der Waals surface area contributed by atoms with Gasteiger partial charge in [-0.05, 0) is 47.4 Å². The first kappa shape index (κ1) is 38.3. The summed E-state index contributed by atoms with van der Waals surface area (Å²) in [6, 6.07) is 25.0. The molecule has 8 bridgehead atoms. The van der Waals surface area contributed by atoms with Gasteiger partial charge in [-0.25, -0.2) is 29.1 Å². The van der Waals surface area contributed by atoms with Crippen LogP contribution in [0.1, 0.15) is 47.1 Å². The fourth-order valence-electron chi connectivity index (χ4n) is 7.73. The van der Waals surface area contributed by atoms with Crippen LogP contribution in [0.4, 0.5) is 0 Å². The fourth-order valence-corrected chi connectivity index (χ4v) is 8.59. The first-order valence-corrected chi connectivity index (χ1v) is 20.0. The van der Waals surface area contributed by atoms with Crippen molar-refractivity contribution >= 4 is 90.9 Å². The minimum absolute atomic E-state index is 0.0221. The van der Waals surface area contributed by atoms with E-state index < -0.39 is 11.9 Å². The van der Waals surface area contributed by atoms with E-state index in [1.165, 1.54) is 0 Å². The zero-order chi connectivity index (χ0) is 42.6. The minimum Gasteiger partial charge on any atom is -0.478 e. The number of carboxylic acid groups (broad SMARTS) is 2. The summed E-state index contributed by atoms with van der Waals surface area (Å²) in [6.07, 6.45) is 0. The number of aromatic nitrogens is 8. The molecule has 13 nitrogen and oxygen atoms in total. The number of aromatic amines is 2. The number of aromatic carboxylic acids is 2. The van der Waals surface area contributed by atoms with Crippen molar-refractivity contribution in [2.24, 2.45) is 7.05 Å². The van der Waals surface area contributed by atoms with E-state index in [9.17, 15) is 19.8 Å². The van der Waals surface area contributed by atoms with E-state index in [1.807, 2.05) is 60.1 Å². The van der Waals surface area contributed by atoms with Gasteiger partial charge in [-0.15, -0.1) is 0 Å². The predicted molar refractivity (Wildman–Crippen MR) is 234 cm³/mol. The molecule has 0 saturated carbocycles. The molecule has 61 heavy (non-hydrogen) atoms. The molecule has 0 spiro atoms. The van der Waals surface area contributed by atoms with Crippen LogP contribution in [0.15, 0.2) is 84.9 Å². The maximum absolute atomic E-state index is 12.0. The molecule has 5 heterocycles. The van der Waals surface area contributed by atoms with Crippen LogP contribution in [0.2, 0.25) is 15.1 Å². The van der Waals surface area contributed by atoms with Gasteiger partial charge in [0.2, 0.25) is 11.3 Å². The number of carbonyl (C=O) groups is 2. The summed E-state index contributed by atoms with van der Waals surface area (Å²) in [4.78, 5) is 56.3. The number of nitrogens with one attached hydrogen (secondary N) is 2. The Kier molecular flexibility index (Phi) is 8.67. The van der Waals surface area contributed by atoms with E-state index in [-0.39, 0.29) is 59.8 Å². The van der Waals surface area contributed by atoms with Crippen LogP contribution >= 0.6 is 34.8 Å². The molecule has 4 N–H and O–H groups in total. The van der Waals surface area contributed by atoms with Crippen molar-refractivity contribution in [3.63, 3.8) is 0 Å². The van der Waals surface area contributed by atoms with Gasteiger partial charge in [-0.3, -0.25) is 0 Å². The second-order valence-corrected chi connectivity index (χ2v) is 16.8. The van der Waals surface area contributed by atoms with E-state index in [2.05, 4.69) is 48.9 Å². The molecule has 2 aliphatic heterocycles. The third kappa shape index (κ3) is 6.15. The molecule has 3 aromatic heterocycles. The molecule has 16 heteroatoms. The van der Waals surface area contributed by atoms with Gasteiger partial charge in [-0.2, -0.15) is 0 Å². The van der Waals surface area contributed by atoms with Crippen LogP contribution in [0, 0.1) is 0 Å². The maximum Gasteiger partial charge on any atom is 0.335 e. The van der Waals surface area contributed by atoms with Gasteiger partial charge in [-0.1, -0.05) is 114 Å². The zero-order valence-electron chi connectivity index (χ0n) is 32.5. The van der Waals surface area contributed by atoms with Gasteiger partial charge in [0, 0.05) is 21.9 Å². The van der Waals surface area contributed by atoms with E-state index in [0.29, 0.717) is 45.5 Å². The predicted octanol–water partition coefficient (Wildman–Crippen LogP) is 10.7. The standard InChI is InChI=1S/C45H29Cl3N8O5/c1-45(2,3)21-13-14-25-28(18-21)38-51-37(25)50-35-23-9-5-6-10-24(23)36(49-35)52-39-29-30(40(53-39)55-42-27-12-8-7-11-26(27)41(54-38)56(42)4)32(47)34(33(48)31(29)46)61-22-16-19(43(57)58)15-20(17-22)44(59)60/h5-18H,1-4H3,(H3,49,50,51,52,53,54,55,57,58,59,60)/p+1. The Hall–Kier alpha value is -6.93. The topological polar surface area (TPSA) is 184 Å². The molecular formula is C45H30Cl3N8O5+. The third-order valence-corrected chi connectivity index (χ3v) is 12.0. The van der Waals surface area contributed by atoms with Gasteiger partial charge >= 0.3 is 11.9 Å². The lowest BCUT2D eigenvalue weighted by Crippen LogP contribution is -2.30. The number of halogens is 3. The Balaban J connectivity index is 1.35. The molecular weight excluding hydrogens is 839 g/mol. The van der Waals surface area contributed by atoms with Crippen molar-refractivity contribution in [2.45, 2.75) is 26.2 Å². The van der Waals surface area contributed by atoms with Crippen molar-refractivity contribution in [2.75, 3.05) is 0 Å². The van der Waals surface area contributed by atoms with Gasteiger partial charge in [0.25, 0.3) is 11.6 Å². The SMILES string of the molecule is C[n+]1c2nc3[nH]c(nc4nc(nc5[nH]c(nc1-c1ccccc1-2)c1c(Cl)c(Oc2cc(C(=O)O)cc(C(=O)O)c2)c(Cl)c(Cl)c51)-c1ccccc1-4)c1ccc(C(C)(C)C)cc31. The maximum atomic E-state index is 12.0. The first-order chi connectivity index (χ1) is 29.2. The summed E-state index contributed by atoms with van der Waals surface area (Å²) < 4.78 is 8.00. The van der Waals surface area contributed by atoms with Gasteiger partial charge in [0.15, 0.2) is 17.4 Å². The number of rotatable bonds is 4. The molecule has 0 aliphatic carbocycles. The molecule has 0 atom stereocenters. The number of ether oxygens (including phenoxy) is 1. The highest BCUT2D eigenvalue weighted by molar-refractivity contribution is 6.51. The second kappa shape index (κ2) is 13.8. The second-order valence-electron chi connectivity index (χ2n) is 15.6. The van der Waals surface area contributed by atoms with Crippen molar-refractivity contribution < 1.29 is 29.1 Å². The largest absolute Gasteiger partial charge is 0.478 e. The Labute approximate surface area is 360 Å². The lowest BCUT2D eigenvalue weighted by atomic mass is 9.86. The average Bonchev–Trinajstić information content (AvgIpc) is 3.95. The van der Waals surface area contributed by atoms with Gasteiger partial charge in [0.1, 0.15) is 22.1 Å². The van der Waals surface area contributed by atoms with Crippen LogP contribution < -0.4 is 9.30 Å². The van der Waals surface area contributed by atoms with Crippen LogP contribution in [0.3, 0.4) is 0 Å². The number of hydrogen-bond acceptors (Lipinski definition) is 8. The summed E-state index contributed by atoms with van der Waals surface area (Å²) in [5, 5.41) is 21.6. The van der Waals surface area contributed by atoms with Crippen LogP contribution in [0.5, 0.6) is 11.5 Å². The number of benzene rings is 5. The molecule has 0 fully saturated rings. The van der Waals surface area contributed by atoms with Gasteiger partial charge < -0.3 is 24.9 Å². The minimum atomic E-state index is -1.36. The van der Waals surface area contributed by atoms with Crippen LogP contribution in [-0.4, -0.2) is 57.0 Å². The number of hydrogen-bond donors (Lipinski definition) is 4. The number of carboxylic acids is 2. The number of H-pyrrole nitrogens is 2. The van der Waals surface area contributed by atoms with Crippen molar-refractivity contribution in [3.05, 3.63) is 117 Å². The normalized spacial score (nSPS) is 12.1. The Morgan fingerprint density at radius 2 is 1.11 bits per heavy atom. The molecule has 0 unspecified atom stereocenters. The molecule has 5 aromatic carbocycles. The van der Waals surface area contributed by atoms with E-state index >= 15 is 0 Å². The molecule has 10 rings (SSSR count). The van der Waals surface area contributed by atoms with Crippen molar-refractivity contribution in [3.8, 4) is 57.1 Å². The molecule has 0 radical (unpaired) electrons. The summed E-state index contributed by atoms with van der Waals surface area (Å²) >= 11 is 21.3. The summed E-state index contributed by atoms with van der Waals surface area (Å²) in [6.45, 7) is 6.49. The molecule has 8 aromatic rings. The van der Waals surface area contributed by atoms with Crippen LogP contribution in [0.25, 0.3) is 89.7 Å². The fraction of sp³-hybridized carbons (Fsp3) is 0.111. The molecule has 0 saturated heterocycles. The molecule has 300 valence electrons. The van der Waals surface area contributed by atoms with Crippen molar-refractivity contribution in [1.29, 1.82) is 0 Å².